The number of hydrogen-bond donors (Lipinski definition) is 0. The summed E-state index contributed by atoms with van der Waals surface area (Å²) in [6.07, 6.45) is 70.8. The van der Waals surface area contributed by atoms with Crippen LogP contribution < -0.4 is 0 Å². The summed E-state index contributed by atoms with van der Waals surface area (Å²) in [5.74, 6) is -1.03. The van der Waals surface area contributed by atoms with Crippen molar-refractivity contribution < 1.29 is 28.6 Å². The van der Waals surface area contributed by atoms with Gasteiger partial charge < -0.3 is 14.2 Å². The maximum absolute atomic E-state index is 12.8. The predicted molar refractivity (Wildman–Crippen MR) is 279 cm³/mol. The van der Waals surface area contributed by atoms with Gasteiger partial charge in [-0.05, 0) is 116 Å². The first-order valence-electron chi connectivity index (χ1n) is 26.4. The lowest BCUT2D eigenvalue weighted by atomic mass is 10.1. The minimum atomic E-state index is -0.821. The van der Waals surface area contributed by atoms with Crippen molar-refractivity contribution in [3.63, 3.8) is 0 Å². The number of esters is 3. The van der Waals surface area contributed by atoms with Gasteiger partial charge in [-0.15, -0.1) is 0 Å². The number of carbonyl (C=O) groups is 3. The molecule has 0 aliphatic rings. The Morgan fingerprint density at radius 3 is 1.03 bits per heavy atom. The Balaban J connectivity index is 4.50. The van der Waals surface area contributed by atoms with Crippen LogP contribution in [0.1, 0.15) is 226 Å². The molecular weight excluding hydrogens is 805 g/mol. The fourth-order valence-electron chi connectivity index (χ4n) is 6.79. The monoisotopic (exact) mass is 901 g/mol. The molecule has 0 aliphatic carbocycles. The predicted octanol–water partition coefficient (Wildman–Crippen LogP) is 17.5. The van der Waals surface area contributed by atoms with Crippen LogP contribution in [0, 0.1) is 0 Å². The molecule has 0 bridgehead atoms. The number of allylic oxidation sites excluding steroid dienone is 18. The lowest BCUT2D eigenvalue weighted by Crippen LogP contribution is -2.30. The van der Waals surface area contributed by atoms with E-state index in [1.165, 1.54) is 64.2 Å². The molecule has 0 aliphatic heterocycles. The average Bonchev–Trinajstić information content (AvgIpc) is 3.30. The molecule has 65 heavy (non-hydrogen) atoms. The summed E-state index contributed by atoms with van der Waals surface area (Å²) in [7, 11) is 0. The first-order chi connectivity index (χ1) is 32.0. The van der Waals surface area contributed by atoms with E-state index >= 15 is 0 Å². The van der Waals surface area contributed by atoms with Gasteiger partial charge in [-0.2, -0.15) is 0 Å². The van der Waals surface area contributed by atoms with Crippen LogP contribution in [0.2, 0.25) is 0 Å². The smallest absolute Gasteiger partial charge is 0.306 e. The zero-order chi connectivity index (χ0) is 47.2. The lowest BCUT2D eigenvalue weighted by Gasteiger charge is -2.18. The summed E-state index contributed by atoms with van der Waals surface area (Å²) in [6, 6.07) is 0. The van der Waals surface area contributed by atoms with Crippen LogP contribution in [0.3, 0.4) is 0 Å². The van der Waals surface area contributed by atoms with Crippen LogP contribution in [0.15, 0.2) is 109 Å². The quantitative estimate of drug-likeness (QED) is 0.0262. The van der Waals surface area contributed by atoms with Crippen molar-refractivity contribution in [1.29, 1.82) is 0 Å². The second-order valence-corrected chi connectivity index (χ2v) is 17.0. The van der Waals surface area contributed by atoms with Crippen molar-refractivity contribution in [3.05, 3.63) is 109 Å². The molecule has 0 fully saturated rings. The Bertz CT molecular complexity index is 1360. The molecule has 6 heteroatoms. The van der Waals surface area contributed by atoms with Crippen LogP contribution in [-0.2, 0) is 28.6 Å². The average molecular weight is 901 g/mol. The Morgan fingerprint density at radius 2 is 0.631 bits per heavy atom. The molecule has 0 spiro atoms. The van der Waals surface area contributed by atoms with Crippen LogP contribution in [-0.4, -0.2) is 37.2 Å². The fraction of sp³-hybridized carbons (Fsp3) is 0.644. The highest BCUT2D eigenvalue weighted by molar-refractivity contribution is 5.71. The molecule has 0 N–H and O–H groups in total. The third kappa shape index (κ3) is 50.9. The molecule has 0 heterocycles. The minimum Gasteiger partial charge on any atom is -0.462 e. The van der Waals surface area contributed by atoms with E-state index in [2.05, 4.69) is 118 Å². The van der Waals surface area contributed by atoms with Gasteiger partial charge >= 0.3 is 17.9 Å². The van der Waals surface area contributed by atoms with Crippen LogP contribution in [0.25, 0.3) is 0 Å². The molecule has 6 nitrogen and oxygen atoms in total. The molecule has 0 radical (unpaired) electrons. The summed E-state index contributed by atoms with van der Waals surface area (Å²) < 4.78 is 16.7. The topological polar surface area (TPSA) is 78.9 Å². The highest BCUT2D eigenvalue weighted by Crippen LogP contribution is 2.13. The molecule has 0 rings (SSSR count). The standard InChI is InChI=1S/C59H96O6/c1-4-7-10-13-16-19-22-25-27-28-29-30-32-34-37-40-43-46-49-52-58(61)64-55-56(54-63-57(60)51-48-45-42-39-36-33-24-21-18-15-12-9-6-3)65-59(62)53-50-47-44-41-38-35-31-26-23-20-17-14-11-8-5-2/h9,12,16-21,25-27,29-31,33,36,42,45,56H,4-8,10-11,13-15,22-24,28,32,34-35,37-41,43-44,46-55H2,1-3H3/b12-9-,19-16-,20-17-,21-18-,27-25-,30-29-,31-26-,36-33-,45-42-. The van der Waals surface area contributed by atoms with Gasteiger partial charge in [-0.3, -0.25) is 14.4 Å². The van der Waals surface area contributed by atoms with E-state index in [9.17, 15) is 14.4 Å². The minimum absolute atomic E-state index is 0.115. The Kier molecular flexibility index (Phi) is 49.5. The normalized spacial score (nSPS) is 13.0. The summed E-state index contributed by atoms with van der Waals surface area (Å²) in [5, 5.41) is 0. The van der Waals surface area contributed by atoms with E-state index in [0.717, 1.165) is 116 Å². The maximum atomic E-state index is 12.8. The van der Waals surface area contributed by atoms with Crippen molar-refractivity contribution in [2.75, 3.05) is 13.2 Å². The summed E-state index contributed by atoms with van der Waals surface area (Å²) >= 11 is 0. The van der Waals surface area contributed by atoms with E-state index in [1.807, 2.05) is 12.2 Å². The highest BCUT2D eigenvalue weighted by atomic mass is 16.6. The maximum Gasteiger partial charge on any atom is 0.306 e. The van der Waals surface area contributed by atoms with E-state index in [0.29, 0.717) is 19.3 Å². The van der Waals surface area contributed by atoms with Gasteiger partial charge in [0, 0.05) is 19.3 Å². The van der Waals surface area contributed by atoms with Crippen molar-refractivity contribution in [1.82, 2.24) is 0 Å². The van der Waals surface area contributed by atoms with Gasteiger partial charge in [-0.1, -0.05) is 201 Å². The second-order valence-electron chi connectivity index (χ2n) is 17.0. The first-order valence-corrected chi connectivity index (χ1v) is 26.4. The Hall–Kier alpha value is -3.93. The van der Waals surface area contributed by atoms with E-state index in [4.69, 9.17) is 14.2 Å². The number of rotatable bonds is 46. The molecule has 368 valence electrons. The summed E-state index contributed by atoms with van der Waals surface area (Å²) in [4.78, 5) is 38.0. The molecule has 1 atom stereocenters. The van der Waals surface area contributed by atoms with Crippen molar-refractivity contribution in [2.24, 2.45) is 0 Å². The van der Waals surface area contributed by atoms with E-state index in [-0.39, 0.29) is 37.5 Å². The van der Waals surface area contributed by atoms with E-state index < -0.39 is 6.10 Å². The second kappa shape index (κ2) is 52.7. The third-order valence-corrected chi connectivity index (χ3v) is 10.7. The van der Waals surface area contributed by atoms with Gasteiger partial charge in [0.1, 0.15) is 13.2 Å². The molecule has 0 aromatic carbocycles. The Morgan fingerprint density at radius 1 is 0.323 bits per heavy atom. The third-order valence-electron chi connectivity index (χ3n) is 10.7. The molecule has 0 amide bonds. The van der Waals surface area contributed by atoms with Crippen LogP contribution in [0.4, 0.5) is 0 Å². The summed E-state index contributed by atoms with van der Waals surface area (Å²) in [5.41, 5.74) is 0. The van der Waals surface area contributed by atoms with Crippen molar-refractivity contribution in [2.45, 2.75) is 232 Å². The Labute approximate surface area is 400 Å². The molecule has 0 saturated carbocycles. The molecule has 0 aromatic heterocycles. The SMILES string of the molecule is CC/C=C\C/C=C\C/C=C\C/C=C\CCC(=O)OCC(COC(=O)CCCCCCCC/C=C\C/C=C\C/C=C\CCCCC)OC(=O)CCCCCCC/C=C\C/C=C\CCCCC. The fourth-order valence-corrected chi connectivity index (χ4v) is 6.79. The zero-order valence-corrected chi connectivity index (χ0v) is 42.0. The number of hydrogen-bond acceptors (Lipinski definition) is 6. The van der Waals surface area contributed by atoms with Gasteiger partial charge in [0.15, 0.2) is 6.10 Å². The van der Waals surface area contributed by atoms with Gasteiger partial charge in [0.2, 0.25) is 0 Å². The van der Waals surface area contributed by atoms with Crippen LogP contribution in [0.5, 0.6) is 0 Å². The largest absolute Gasteiger partial charge is 0.462 e. The van der Waals surface area contributed by atoms with Crippen LogP contribution >= 0.6 is 0 Å². The van der Waals surface area contributed by atoms with Gasteiger partial charge in [0.05, 0.1) is 0 Å². The van der Waals surface area contributed by atoms with Crippen molar-refractivity contribution in [3.8, 4) is 0 Å². The molecule has 0 aromatic rings. The number of unbranched alkanes of at least 4 members (excludes halogenated alkanes) is 17. The van der Waals surface area contributed by atoms with Gasteiger partial charge in [0.25, 0.3) is 0 Å². The molecule has 1 unspecified atom stereocenters. The highest BCUT2D eigenvalue weighted by Gasteiger charge is 2.19. The number of carbonyl (C=O) groups excluding carboxylic acids is 3. The lowest BCUT2D eigenvalue weighted by molar-refractivity contribution is -0.166. The molecule has 0 saturated heterocycles. The number of ether oxygens (including phenoxy) is 3. The molecular formula is C59H96O6. The van der Waals surface area contributed by atoms with E-state index in [1.54, 1.807) is 0 Å². The first kappa shape index (κ1) is 61.1. The summed E-state index contributed by atoms with van der Waals surface area (Å²) in [6.45, 7) is 6.37. The van der Waals surface area contributed by atoms with Gasteiger partial charge in [-0.25, -0.2) is 0 Å². The zero-order valence-electron chi connectivity index (χ0n) is 42.0. The van der Waals surface area contributed by atoms with Crippen molar-refractivity contribution >= 4 is 17.9 Å².